The van der Waals surface area contributed by atoms with Crippen molar-refractivity contribution >= 4 is 11.6 Å². The number of likely N-dealkylation sites (tertiary alicyclic amines) is 1. The zero-order valence-corrected chi connectivity index (χ0v) is 13.9. The van der Waals surface area contributed by atoms with Crippen LogP contribution in [-0.4, -0.2) is 67.2 Å². The molecule has 126 valence electrons. The highest BCUT2D eigenvalue weighted by Crippen LogP contribution is 2.19. The van der Waals surface area contributed by atoms with Gasteiger partial charge < -0.3 is 10.1 Å². The molecule has 3 rings (SSSR count). The Morgan fingerprint density at radius 2 is 1.96 bits per heavy atom. The van der Waals surface area contributed by atoms with Crippen molar-refractivity contribution in [3.05, 3.63) is 30.3 Å². The Kier molecular flexibility index (Phi) is 5.65. The Balaban J connectivity index is 1.41. The van der Waals surface area contributed by atoms with E-state index >= 15 is 0 Å². The third-order valence-corrected chi connectivity index (χ3v) is 4.77. The van der Waals surface area contributed by atoms with E-state index in [0.717, 1.165) is 51.3 Å². The number of nitrogens with zero attached hydrogens (tertiary/aromatic N) is 2. The lowest BCUT2D eigenvalue weighted by atomic mass is 10.0. The molecule has 1 atom stereocenters. The maximum atomic E-state index is 12.1. The van der Waals surface area contributed by atoms with Crippen LogP contribution in [0.2, 0.25) is 0 Å². The van der Waals surface area contributed by atoms with E-state index in [-0.39, 0.29) is 5.91 Å². The highest BCUT2D eigenvalue weighted by Gasteiger charge is 2.28. The van der Waals surface area contributed by atoms with Gasteiger partial charge in [-0.2, -0.15) is 0 Å². The van der Waals surface area contributed by atoms with Crippen molar-refractivity contribution < 1.29 is 9.53 Å². The maximum Gasteiger partial charge on any atom is 0.238 e. The zero-order valence-electron chi connectivity index (χ0n) is 13.9. The van der Waals surface area contributed by atoms with Crippen molar-refractivity contribution in [3.63, 3.8) is 0 Å². The molecule has 5 heteroatoms. The van der Waals surface area contributed by atoms with Crippen molar-refractivity contribution in [2.45, 2.75) is 31.9 Å². The lowest BCUT2D eigenvalue weighted by Crippen LogP contribution is -2.51. The second-order valence-electron chi connectivity index (χ2n) is 6.60. The number of rotatable bonds is 4. The fourth-order valence-electron chi connectivity index (χ4n) is 3.54. The van der Waals surface area contributed by atoms with Gasteiger partial charge in [0.05, 0.1) is 19.3 Å². The van der Waals surface area contributed by atoms with Gasteiger partial charge in [-0.25, -0.2) is 0 Å². The molecule has 2 heterocycles. The van der Waals surface area contributed by atoms with E-state index in [9.17, 15) is 4.79 Å². The number of carbonyl (C=O) groups excluding carboxylic acids is 1. The number of carbonyl (C=O) groups is 1. The number of ether oxygens (including phenoxy) is 1. The zero-order chi connectivity index (χ0) is 16.1. The van der Waals surface area contributed by atoms with Gasteiger partial charge in [-0.3, -0.25) is 14.6 Å². The van der Waals surface area contributed by atoms with Crippen molar-refractivity contribution in [1.29, 1.82) is 0 Å². The minimum absolute atomic E-state index is 0.0784. The molecule has 0 bridgehead atoms. The Morgan fingerprint density at radius 3 is 2.65 bits per heavy atom. The molecule has 23 heavy (non-hydrogen) atoms. The molecular formula is C18H27N3O2. The van der Waals surface area contributed by atoms with Crippen LogP contribution in [0.5, 0.6) is 0 Å². The van der Waals surface area contributed by atoms with Crippen LogP contribution < -0.4 is 5.32 Å². The van der Waals surface area contributed by atoms with E-state index < -0.39 is 0 Å². The van der Waals surface area contributed by atoms with Crippen LogP contribution in [0.1, 0.15) is 19.8 Å². The number of morpholine rings is 1. The van der Waals surface area contributed by atoms with E-state index in [1.165, 1.54) is 0 Å². The largest absolute Gasteiger partial charge is 0.376 e. The van der Waals surface area contributed by atoms with Crippen molar-refractivity contribution in [2.24, 2.45) is 0 Å². The molecule has 1 N–H and O–H groups in total. The van der Waals surface area contributed by atoms with Crippen LogP contribution in [-0.2, 0) is 9.53 Å². The first kappa shape index (κ1) is 16.4. The quantitative estimate of drug-likeness (QED) is 0.920. The van der Waals surface area contributed by atoms with E-state index in [2.05, 4.69) is 22.0 Å². The van der Waals surface area contributed by atoms with Gasteiger partial charge in [-0.15, -0.1) is 0 Å². The summed E-state index contributed by atoms with van der Waals surface area (Å²) in [6.07, 6.45) is 2.63. The van der Waals surface area contributed by atoms with Crippen molar-refractivity contribution in [2.75, 3.05) is 44.6 Å². The lowest BCUT2D eigenvalue weighted by molar-refractivity contribution is -0.117. The fourth-order valence-corrected chi connectivity index (χ4v) is 3.54. The first-order valence-corrected chi connectivity index (χ1v) is 8.63. The smallest absolute Gasteiger partial charge is 0.238 e. The molecule has 2 aliphatic rings. The molecule has 0 aliphatic carbocycles. The van der Waals surface area contributed by atoms with Crippen LogP contribution in [0.25, 0.3) is 0 Å². The maximum absolute atomic E-state index is 12.1. The third-order valence-electron chi connectivity index (χ3n) is 4.77. The van der Waals surface area contributed by atoms with Gasteiger partial charge in [-0.05, 0) is 31.9 Å². The Morgan fingerprint density at radius 1 is 1.22 bits per heavy atom. The number of amides is 1. The Labute approximate surface area is 138 Å². The number of nitrogens with one attached hydrogen (secondary N) is 1. The van der Waals surface area contributed by atoms with Crippen LogP contribution in [0, 0.1) is 0 Å². The monoisotopic (exact) mass is 317 g/mol. The molecule has 1 aromatic carbocycles. The average Bonchev–Trinajstić information content (AvgIpc) is 2.56. The highest BCUT2D eigenvalue weighted by atomic mass is 16.5. The SMILES string of the molecule is CC1CN(C2CCN(CC(=O)Nc3ccccc3)CC2)CCO1. The first-order valence-electron chi connectivity index (χ1n) is 8.63. The molecule has 1 amide bonds. The van der Waals surface area contributed by atoms with Crippen molar-refractivity contribution in [3.8, 4) is 0 Å². The summed E-state index contributed by atoms with van der Waals surface area (Å²) in [5.41, 5.74) is 0.870. The van der Waals surface area contributed by atoms with E-state index in [1.54, 1.807) is 0 Å². The molecule has 2 saturated heterocycles. The summed E-state index contributed by atoms with van der Waals surface area (Å²) in [6, 6.07) is 10.3. The average molecular weight is 317 g/mol. The second-order valence-corrected chi connectivity index (χ2v) is 6.60. The van der Waals surface area contributed by atoms with Crippen LogP contribution in [0.3, 0.4) is 0 Å². The molecule has 0 aromatic heterocycles. The molecule has 5 nitrogen and oxygen atoms in total. The second kappa shape index (κ2) is 7.90. The van der Waals surface area contributed by atoms with Gasteiger partial charge in [0.1, 0.15) is 0 Å². The molecule has 0 saturated carbocycles. The van der Waals surface area contributed by atoms with Gasteiger partial charge in [-0.1, -0.05) is 18.2 Å². The van der Waals surface area contributed by atoms with Gasteiger partial charge >= 0.3 is 0 Å². The lowest BCUT2D eigenvalue weighted by Gasteiger charge is -2.41. The summed E-state index contributed by atoms with van der Waals surface area (Å²) >= 11 is 0. The van der Waals surface area contributed by atoms with E-state index in [1.807, 2.05) is 30.3 Å². The molecule has 2 aliphatic heterocycles. The molecule has 2 fully saturated rings. The summed E-state index contributed by atoms with van der Waals surface area (Å²) in [7, 11) is 0. The van der Waals surface area contributed by atoms with Crippen molar-refractivity contribution in [1.82, 2.24) is 9.80 Å². The highest BCUT2D eigenvalue weighted by molar-refractivity contribution is 5.92. The van der Waals surface area contributed by atoms with Crippen LogP contribution in [0.15, 0.2) is 30.3 Å². The Hall–Kier alpha value is -1.43. The van der Waals surface area contributed by atoms with Crippen LogP contribution >= 0.6 is 0 Å². The number of piperidine rings is 1. The standard InChI is InChI=1S/C18H27N3O2/c1-15-13-21(11-12-23-15)17-7-9-20(10-8-17)14-18(22)19-16-5-3-2-4-6-16/h2-6,15,17H,7-14H2,1H3,(H,19,22). The number of hydrogen-bond acceptors (Lipinski definition) is 4. The molecule has 0 spiro atoms. The summed E-state index contributed by atoms with van der Waals surface area (Å²) in [4.78, 5) is 17.0. The molecule has 1 unspecified atom stereocenters. The minimum Gasteiger partial charge on any atom is -0.376 e. The Bertz CT molecular complexity index is 500. The normalized spacial score (nSPS) is 24.5. The van der Waals surface area contributed by atoms with Gasteiger partial charge in [0, 0.05) is 37.9 Å². The number of anilines is 1. The van der Waals surface area contributed by atoms with Gasteiger partial charge in [0.15, 0.2) is 0 Å². The minimum atomic E-state index is 0.0784. The number of benzene rings is 1. The predicted octanol–water partition coefficient (Wildman–Crippen LogP) is 1.81. The van der Waals surface area contributed by atoms with E-state index in [0.29, 0.717) is 18.7 Å². The van der Waals surface area contributed by atoms with Gasteiger partial charge in [0.25, 0.3) is 0 Å². The molecule has 1 aromatic rings. The number of para-hydroxylation sites is 1. The summed E-state index contributed by atoms with van der Waals surface area (Å²) in [6.45, 7) is 7.57. The topological polar surface area (TPSA) is 44.8 Å². The summed E-state index contributed by atoms with van der Waals surface area (Å²) in [5, 5.41) is 2.96. The number of hydrogen-bond donors (Lipinski definition) is 1. The fraction of sp³-hybridized carbons (Fsp3) is 0.611. The predicted molar refractivity (Wildman–Crippen MR) is 91.5 cm³/mol. The summed E-state index contributed by atoms with van der Waals surface area (Å²) < 4.78 is 5.62. The third kappa shape index (κ3) is 4.77. The van der Waals surface area contributed by atoms with Crippen LogP contribution in [0.4, 0.5) is 5.69 Å². The van der Waals surface area contributed by atoms with E-state index in [4.69, 9.17) is 4.74 Å². The molecular weight excluding hydrogens is 290 g/mol. The molecule has 0 radical (unpaired) electrons. The summed E-state index contributed by atoms with van der Waals surface area (Å²) in [5.74, 6) is 0.0784. The first-order chi connectivity index (χ1) is 11.2. The van der Waals surface area contributed by atoms with Gasteiger partial charge in [0.2, 0.25) is 5.91 Å².